The molecular weight excluding hydrogens is 350 g/mol. The van der Waals surface area contributed by atoms with Crippen LogP contribution in [0.4, 0.5) is 0 Å². The van der Waals surface area contributed by atoms with E-state index in [1.165, 1.54) is 31.2 Å². The van der Waals surface area contributed by atoms with E-state index in [0.717, 1.165) is 18.8 Å². The molecule has 0 unspecified atom stereocenters. The van der Waals surface area contributed by atoms with Gasteiger partial charge in [0.2, 0.25) is 0 Å². The number of rotatable bonds is 6. The van der Waals surface area contributed by atoms with Crippen LogP contribution in [-0.4, -0.2) is 35.4 Å². The van der Waals surface area contributed by atoms with E-state index in [2.05, 4.69) is 27.3 Å². The average molecular weight is 382 g/mol. The second kappa shape index (κ2) is 9.69. The Balaban J connectivity index is 1.74. The van der Waals surface area contributed by atoms with Crippen LogP contribution < -0.4 is 10.9 Å². The first-order valence-corrected chi connectivity index (χ1v) is 10.4. The van der Waals surface area contributed by atoms with Crippen LogP contribution in [0.25, 0.3) is 0 Å². The van der Waals surface area contributed by atoms with E-state index in [4.69, 9.17) is 0 Å². The zero-order valence-corrected chi connectivity index (χ0v) is 16.9. The maximum atomic E-state index is 12.7. The number of hydrogen-bond donors (Lipinski definition) is 2. The highest BCUT2D eigenvalue weighted by Gasteiger charge is 2.23. The van der Waals surface area contributed by atoms with Crippen molar-refractivity contribution in [1.82, 2.24) is 15.2 Å². The summed E-state index contributed by atoms with van der Waals surface area (Å²) in [6.45, 7) is 6.60. The molecule has 1 atom stereocenters. The first-order valence-electron chi connectivity index (χ1n) is 10.4. The number of benzene rings is 1. The topological polar surface area (TPSA) is 65.2 Å². The molecule has 0 aliphatic carbocycles. The summed E-state index contributed by atoms with van der Waals surface area (Å²) >= 11 is 0. The lowest BCUT2D eigenvalue weighted by Gasteiger charge is -2.31. The van der Waals surface area contributed by atoms with Gasteiger partial charge >= 0.3 is 0 Å². The second-order valence-corrected chi connectivity index (χ2v) is 7.90. The lowest BCUT2D eigenvalue weighted by molar-refractivity contribution is 0.0931. The molecule has 1 aliphatic heterocycles. The van der Waals surface area contributed by atoms with Crippen molar-refractivity contribution in [1.29, 1.82) is 0 Å². The summed E-state index contributed by atoms with van der Waals surface area (Å²) in [6.07, 6.45) is 4.91. The van der Waals surface area contributed by atoms with Gasteiger partial charge in [0, 0.05) is 12.2 Å². The minimum absolute atomic E-state index is 0.122. The van der Waals surface area contributed by atoms with E-state index < -0.39 is 0 Å². The number of aromatic amines is 1. The van der Waals surface area contributed by atoms with Crippen LogP contribution in [-0.2, 0) is 0 Å². The molecule has 1 fully saturated rings. The van der Waals surface area contributed by atoms with E-state index >= 15 is 0 Å². The number of aromatic nitrogens is 1. The average Bonchev–Trinajstić information content (AvgIpc) is 2.98. The zero-order valence-electron chi connectivity index (χ0n) is 16.9. The van der Waals surface area contributed by atoms with Gasteiger partial charge in [-0.25, -0.2) is 0 Å². The Morgan fingerprint density at radius 1 is 1.04 bits per heavy atom. The SMILES string of the molecule is CC(C)c1ccc(C(=O)NC[C@H](c2ccccc2)N2CCCCCC2)c(=O)[nH]1. The molecule has 0 saturated carbocycles. The normalized spacial score (nSPS) is 16.5. The summed E-state index contributed by atoms with van der Waals surface area (Å²) in [5.74, 6) is -0.0948. The number of H-pyrrole nitrogens is 1. The molecule has 5 nitrogen and oxygen atoms in total. The summed E-state index contributed by atoms with van der Waals surface area (Å²) in [6, 6.07) is 13.9. The monoisotopic (exact) mass is 381 g/mol. The third-order valence-corrected chi connectivity index (χ3v) is 5.52. The van der Waals surface area contributed by atoms with Gasteiger partial charge in [-0.1, -0.05) is 57.0 Å². The van der Waals surface area contributed by atoms with Gasteiger partial charge < -0.3 is 10.3 Å². The highest BCUT2D eigenvalue weighted by molar-refractivity contribution is 5.93. The van der Waals surface area contributed by atoms with Crippen LogP contribution in [0.3, 0.4) is 0 Å². The van der Waals surface area contributed by atoms with Gasteiger partial charge in [0.05, 0.1) is 6.04 Å². The van der Waals surface area contributed by atoms with Crippen molar-refractivity contribution in [3.05, 3.63) is 69.6 Å². The standard InChI is InChI=1S/C23H31N3O2/c1-17(2)20-13-12-19(23(28)25-20)22(27)24-16-21(18-10-6-5-7-11-18)26-14-8-3-4-9-15-26/h5-7,10-13,17,21H,3-4,8-9,14-16H2,1-2H3,(H,24,27)(H,25,28)/t21-/m1/s1. The number of hydrogen-bond acceptors (Lipinski definition) is 3. The molecule has 2 heterocycles. The Bertz CT molecular complexity index is 821. The molecule has 1 aromatic carbocycles. The smallest absolute Gasteiger partial charge is 0.261 e. The molecule has 150 valence electrons. The van der Waals surface area contributed by atoms with E-state index in [-0.39, 0.29) is 29.0 Å². The van der Waals surface area contributed by atoms with Gasteiger partial charge in [-0.3, -0.25) is 14.5 Å². The van der Waals surface area contributed by atoms with E-state index in [1.807, 2.05) is 38.1 Å². The first-order chi connectivity index (χ1) is 13.6. The Morgan fingerprint density at radius 3 is 2.32 bits per heavy atom. The number of nitrogens with one attached hydrogen (secondary N) is 2. The number of nitrogens with zero attached hydrogens (tertiary/aromatic N) is 1. The number of amides is 1. The van der Waals surface area contributed by atoms with Gasteiger partial charge in [-0.2, -0.15) is 0 Å². The minimum atomic E-state index is -0.324. The van der Waals surface area contributed by atoms with Crippen LogP contribution in [0, 0.1) is 0 Å². The van der Waals surface area contributed by atoms with Gasteiger partial charge in [-0.15, -0.1) is 0 Å². The third kappa shape index (κ3) is 5.10. The number of pyridine rings is 1. The number of carbonyl (C=O) groups is 1. The van der Waals surface area contributed by atoms with Crippen molar-refractivity contribution >= 4 is 5.91 Å². The van der Waals surface area contributed by atoms with Crippen LogP contribution in [0.5, 0.6) is 0 Å². The fourth-order valence-corrected chi connectivity index (χ4v) is 3.83. The van der Waals surface area contributed by atoms with Crippen molar-refractivity contribution < 1.29 is 4.79 Å². The van der Waals surface area contributed by atoms with Crippen molar-refractivity contribution in [2.45, 2.75) is 51.5 Å². The summed E-state index contributed by atoms with van der Waals surface area (Å²) < 4.78 is 0. The van der Waals surface area contributed by atoms with Crippen LogP contribution in [0.1, 0.15) is 73.1 Å². The van der Waals surface area contributed by atoms with Crippen molar-refractivity contribution in [2.75, 3.05) is 19.6 Å². The third-order valence-electron chi connectivity index (χ3n) is 5.52. The minimum Gasteiger partial charge on any atom is -0.350 e. The van der Waals surface area contributed by atoms with Crippen LogP contribution in [0.15, 0.2) is 47.3 Å². The van der Waals surface area contributed by atoms with Crippen molar-refractivity contribution in [3.8, 4) is 0 Å². The van der Waals surface area contributed by atoms with Crippen molar-refractivity contribution in [3.63, 3.8) is 0 Å². The summed E-state index contributed by atoms with van der Waals surface area (Å²) in [5, 5.41) is 3.00. The second-order valence-electron chi connectivity index (χ2n) is 7.90. The number of carbonyl (C=O) groups excluding carboxylic acids is 1. The molecule has 0 spiro atoms. The zero-order chi connectivity index (χ0) is 19.9. The predicted octanol–water partition coefficient (Wildman–Crippen LogP) is 3.85. The Kier molecular flexibility index (Phi) is 7.04. The highest BCUT2D eigenvalue weighted by Crippen LogP contribution is 2.23. The fraction of sp³-hybridized carbons (Fsp3) is 0.478. The summed E-state index contributed by atoms with van der Waals surface area (Å²) in [4.78, 5) is 30.3. The molecule has 3 rings (SSSR count). The molecule has 1 amide bonds. The molecule has 2 N–H and O–H groups in total. The van der Waals surface area contributed by atoms with E-state index in [1.54, 1.807) is 6.07 Å². The van der Waals surface area contributed by atoms with Crippen LogP contribution >= 0.6 is 0 Å². The van der Waals surface area contributed by atoms with Gasteiger partial charge in [0.1, 0.15) is 5.56 Å². The highest BCUT2D eigenvalue weighted by atomic mass is 16.2. The summed E-state index contributed by atoms with van der Waals surface area (Å²) in [5.41, 5.74) is 1.89. The van der Waals surface area contributed by atoms with E-state index in [9.17, 15) is 9.59 Å². The van der Waals surface area contributed by atoms with Crippen LogP contribution in [0.2, 0.25) is 0 Å². The Morgan fingerprint density at radius 2 is 1.71 bits per heavy atom. The maximum absolute atomic E-state index is 12.7. The molecule has 0 bridgehead atoms. The Hall–Kier alpha value is -2.40. The van der Waals surface area contributed by atoms with Gasteiger partial charge in [0.15, 0.2) is 0 Å². The molecule has 0 radical (unpaired) electrons. The Labute approximate surface area is 167 Å². The fourth-order valence-electron chi connectivity index (χ4n) is 3.83. The molecule has 1 aromatic heterocycles. The van der Waals surface area contributed by atoms with Gasteiger partial charge in [-0.05, 0) is 49.5 Å². The first kappa shape index (κ1) is 20.3. The van der Waals surface area contributed by atoms with Gasteiger partial charge in [0.25, 0.3) is 11.5 Å². The largest absolute Gasteiger partial charge is 0.350 e. The maximum Gasteiger partial charge on any atom is 0.261 e. The molecule has 1 saturated heterocycles. The molecule has 28 heavy (non-hydrogen) atoms. The van der Waals surface area contributed by atoms with Crippen molar-refractivity contribution in [2.24, 2.45) is 0 Å². The van der Waals surface area contributed by atoms with E-state index in [0.29, 0.717) is 6.54 Å². The molecule has 2 aromatic rings. The lowest BCUT2D eigenvalue weighted by atomic mass is 10.0. The molecule has 5 heteroatoms. The quantitative estimate of drug-likeness (QED) is 0.799. The predicted molar refractivity (Wildman–Crippen MR) is 113 cm³/mol. The molecule has 1 aliphatic rings. The lowest BCUT2D eigenvalue weighted by Crippen LogP contribution is -2.40. The molecular formula is C23H31N3O2. The number of likely N-dealkylation sites (tertiary alicyclic amines) is 1. The summed E-state index contributed by atoms with van der Waals surface area (Å²) in [7, 11) is 0.